The van der Waals surface area contributed by atoms with Crippen LogP contribution in [0.3, 0.4) is 0 Å². The average molecular weight is 562 g/mol. The largest absolute Gasteiger partial charge is 0.394 e. The van der Waals surface area contributed by atoms with Crippen LogP contribution in [0.5, 0.6) is 0 Å². The summed E-state index contributed by atoms with van der Waals surface area (Å²) in [5.41, 5.74) is 0.285. The number of anilines is 1. The van der Waals surface area contributed by atoms with Crippen LogP contribution in [0.15, 0.2) is 78.9 Å². The third kappa shape index (κ3) is 4.17. The summed E-state index contributed by atoms with van der Waals surface area (Å²) in [6.45, 7) is 2.64. The number of rotatable bonds is 6. The van der Waals surface area contributed by atoms with Gasteiger partial charge in [-0.2, -0.15) is 0 Å². The quantitative estimate of drug-likeness (QED) is 0.547. The van der Waals surface area contributed by atoms with Gasteiger partial charge in [0.15, 0.2) is 0 Å². The maximum absolute atomic E-state index is 14.4. The molecule has 4 heterocycles. The lowest BCUT2D eigenvalue weighted by atomic mass is 9.77. The van der Waals surface area contributed by atoms with Crippen molar-refractivity contribution in [3.05, 3.63) is 89.5 Å². The Bertz CT molecular complexity index is 1360. The number of benzene rings is 2. The van der Waals surface area contributed by atoms with Gasteiger partial charge in [-0.15, -0.1) is 0 Å². The van der Waals surface area contributed by atoms with E-state index in [0.29, 0.717) is 30.2 Å². The van der Waals surface area contributed by atoms with Crippen LogP contribution in [0.4, 0.5) is 5.69 Å². The summed E-state index contributed by atoms with van der Waals surface area (Å²) in [6, 6.07) is 15.1. The van der Waals surface area contributed by atoms with Crippen LogP contribution in [0, 0.1) is 11.8 Å². The Kier molecular flexibility index (Phi) is 7.02. The smallest absolute Gasteiger partial charge is 0.253 e. The van der Waals surface area contributed by atoms with Crippen LogP contribution >= 0.6 is 11.6 Å². The molecule has 4 aliphatic heterocycles. The van der Waals surface area contributed by atoms with Crippen LogP contribution in [0.25, 0.3) is 0 Å². The monoisotopic (exact) mass is 561 g/mol. The Balaban J connectivity index is 1.42. The number of amides is 3. The van der Waals surface area contributed by atoms with Crippen molar-refractivity contribution in [2.45, 2.75) is 43.7 Å². The van der Waals surface area contributed by atoms with Crippen molar-refractivity contribution in [3.63, 3.8) is 0 Å². The average Bonchev–Trinajstić information content (AvgIpc) is 3.28. The minimum Gasteiger partial charge on any atom is -0.394 e. The van der Waals surface area contributed by atoms with Crippen molar-refractivity contribution in [1.29, 1.82) is 0 Å². The van der Waals surface area contributed by atoms with Gasteiger partial charge < -0.3 is 24.5 Å². The predicted octanol–water partition coefficient (Wildman–Crippen LogP) is 3.19. The van der Waals surface area contributed by atoms with Crippen molar-refractivity contribution in [2.75, 3.05) is 24.6 Å². The zero-order valence-corrected chi connectivity index (χ0v) is 23.0. The van der Waals surface area contributed by atoms with E-state index in [1.807, 2.05) is 61.6 Å². The SMILES string of the molecule is CC[C@@H](CO)N1C(=O)[C@@H]2[C@@H]3C(=O)N(Cc4ccccc4)CC=C[C@@H]3O[C@@]23C=CCN(c2ccc(Cl)cc2)C(=O)C13. The minimum atomic E-state index is -1.34. The van der Waals surface area contributed by atoms with E-state index in [2.05, 4.69) is 0 Å². The molecule has 6 rings (SSSR count). The molecule has 0 bridgehead atoms. The lowest BCUT2D eigenvalue weighted by Gasteiger charge is -2.38. The fourth-order valence-corrected chi connectivity index (χ4v) is 6.86. The first-order valence-electron chi connectivity index (χ1n) is 13.7. The summed E-state index contributed by atoms with van der Waals surface area (Å²) < 4.78 is 6.69. The first kappa shape index (κ1) is 26.7. The molecule has 2 aromatic carbocycles. The van der Waals surface area contributed by atoms with Crippen molar-refractivity contribution in [2.24, 2.45) is 11.8 Å². The van der Waals surface area contributed by atoms with Gasteiger partial charge in [-0.1, -0.05) is 73.2 Å². The van der Waals surface area contributed by atoms with E-state index in [0.717, 1.165) is 5.56 Å². The zero-order chi connectivity index (χ0) is 28.0. The number of ether oxygens (including phenoxy) is 1. The Morgan fingerprint density at radius 3 is 2.45 bits per heavy atom. The first-order chi connectivity index (χ1) is 19.4. The number of aliphatic hydroxyl groups excluding tert-OH is 1. The molecule has 0 saturated carbocycles. The molecule has 9 heteroatoms. The maximum atomic E-state index is 14.4. The van der Waals surface area contributed by atoms with Crippen LogP contribution in [-0.4, -0.2) is 76.1 Å². The highest BCUT2D eigenvalue weighted by Crippen LogP contribution is 2.54. The van der Waals surface area contributed by atoms with Crippen LogP contribution in [0.1, 0.15) is 18.9 Å². The molecule has 1 spiro atoms. The van der Waals surface area contributed by atoms with Gasteiger partial charge in [0.2, 0.25) is 11.8 Å². The number of carbonyl (C=O) groups excluding carboxylic acids is 3. The molecular weight excluding hydrogens is 530 g/mol. The van der Waals surface area contributed by atoms with E-state index in [-0.39, 0.29) is 30.9 Å². The maximum Gasteiger partial charge on any atom is 0.253 e. The van der Waals surface area contributed by atoms with Crippen molar-refractivity contribution < 1.29 is 24.2 Å². The summed E-state index contributed by atoms with van der Waals surface area (Å²) in [7, 11) is 0. The Labute approximate surface area is 238 Å². The van der Waals surface area contributed by atoms with E-state index in [1.165, 1.54) is 4.90 Å². The summed E-state index contributed by atoms with van der Waals surface area (Å²) in [4.78, 5) is 47.7. The number of aliphatic hydroxyl groups is 1. The molecule has 208 valence electrons. The molecule has 4 aliphatic rings. The van der Waals surface area contributed by atoms with Crippen LogP contribution in [-0.2, 0) is 25.7 Å². The number of halogens is 1. The number of nitrogens with zero attached hydrogens (tertiary/aromatic N) is 3. The highest BCUT2D eigenvalue weighted by atomic mass is 35.5. The van der Waals surface area contributed by atoms with Crippen molar-refractivity contribution in [1.82, 2.24) is 9.80 Å². The van der Waals surface area contributed by atoms with E-state index < -0.39 is 35.6 Å². The molecule has 0 aromatic heterocycles. The number of carbonyl (C=O) groups is 3. The Morgan fingerprint density at radius 2 is 1.75 bits per heavy atom. The van der Waals surface area contributed by atoms with Gasteiger partial charge in [0.1, 0.15) is 11.6 Å². The molecule has 0 aliphatic carbocycles. The molecular formula is C31H32ClN3O5. The highest BCUT2D eigenvalue weighted by molar-refractivity contribution is 6.30. The summed E-state index contributed by atoms with van der Waals surface area (Å²) >= 11 is 6.10. The second-order valence-electron chi connectivity index (χ2n) is 10.8. The molecule has 2 aromatic rings. The molecule has 1 N–H and O–H groups in total. The number of likely N-dealkylation sites (tertiary alicyclic amines) is 1. The highest BCUT2D eigenvalue weighted by Gasteiger charge is 2.72. The first-order valence-corrected chi connectivity index (χ1v) is 14.1. The lowest BCUT2D eigenvalue weighted by molar-refractivity contribution is -0.147. The summed E-state index contributed by atoms with van der Waals surface area (Å²) in [6.07, 6.45) is 7.22. The van der Waals surface area contributed by atoms with Gasteiger partial charge in [0.05, 0.1) is 30.6 Å². The number of fused-ring (bicyclic) bond motifs is 2. The standard InChI is InChI=1S/C31H32ClN3O5/c1-2-22(19-36)35-27-30(39)34(23-13-11-21(32)12-14-23)17-7-15-31(27)26(29(35)38)25-24(40-31)10-6-16-33(28(25)37)18-20-8-4-3-5-9-20/h3-15,22,24-27,36H,2,16-19H2,1H3/t22-,24-,25+,26-,27?,31-/m0/s1. The molecule has 40 heavy (non-hydrogen) atoms. The second kappa shape index (κ2) is 10.5. The van der Waals surface area contributed by atoms with E-state index in [1.54, 1.807) is 34.1 Å². The second-order valence-corrected chi connectivity index (χ2v) is 11.2. The molecule has 2 saturated heterocycles. The minimum absolute atomic E-state index is 0.175. The zero-order valence-electron chi connectivity index (χ0n) is 22.2. The fraction of sp³-hybridized carbons (Fsp3) is 0.387. The Hall–Kier alpha value is -3.46. The van der Waals surface area contributed by atoms with Crippen molar-refractivity contribution in [3.8, 4) is 0 Å². The van der Waals surface area contributed by atoms with Gasteiger partial charge in [-0.3, -0.25) is 14.4 Å². The molecule has 1 unspecified atom stereocenters. The van der Waals surface area contributed by atoms with E-state index in [4.69, 9.17) is 16.3 Å². The van der Waals surface area contributed by atoms with Gasteiger partial charge in [-0.05, 0) is 36.2 Å². The third-order valence-corrected chi connectivity index (χ3v) is 8.86. The number of hydrogen-bond acceptors (Lipinski definition) is 5. The van der Waals surface area contributed by atoms with E-state index >= 15 is 0 Å². The van der Waals surface area contributed by atoms with Crippen LogP contribution < -0.4 is 4.90 Å². The van der Waals surface area contributed by atoms with Gasteiger partial charge in [0.25, 0.3) is 5.91 Å². The van der Waals surface area contributed by atoms with Crippen molar-refractivity contribution >= 4 is 35.0 Å². The molecule has 2 fully saturated rings. The molecule has 3 amide bonds. The summed E-state index contributed by atoms with van der Waals surface area (Å²) in [5, 5.41) is 10.8. The fourth-order valence-electron chi connectivity index (χ4n) is 6.73. The lowest BCUT2D eigenvalue weighted by Crippen LogP contribution is -2.58. The Morgan fingerprint density at radius 1 is 1.00 bits per heavy atom. The molecule has 8 nitrogen and oxygen atoms in total. The predicted molar refractivity (Wildman–Crippen MR) is 150 cm³/mol. The van der Waals surface area contributed by atoms with Gasteiger partial charge >= 0.3 is 0 Å². The van der Waals surface area contributed by atoms with Gasteiger partial charge in [-0.25, -0.2) is 0 Å². The third-order valence-electron chi connectivity index (χ3n) is 8.61. The topological polar surface area (TPSA) is 90.4 Å². The van der Waals surface area contributed by atoms with Gasteiger partial charge in [0, 0.05) is 30.3 Å². The van der Waals surface area contributed by atoms with E-state index in [9.17, 15) is 19.5 Å². The molecule has 6 atom stereocenters. The normalized spacial score (nSPS) is 30.2. The summed E-state index contributed by atoms with van der Waals surface area (Å²) in [5.74, 6) is -2.52. The number of hydrogen-bond donors (Lipinski definition) is 1. The van der Waals surface area contributed by atoms with Crippen LogP contribution in [0.2, 0.25) is 5.02 Å². The molecule has 0 radical (unpaired) electrons.